The molecule has 0 saturated carbocycles. The highest BCUT2D eigenvalue weighted by Gasteiger charge is 2.05. The number of carbonyl (C=O) groups excluding carboxylic acids is 1. The molecule has 0 heterocycles. The Morgan fingerprint density at radius 1 is 1.19 bits per heavy atom. The second-order valence-electron chi connectivity index (χ2n) is 5.29. The maximum absolute atomic E-state index is 11.4. The van der Waals surface area contributed by atoms with Crippen molar-refractivity contribution in [1.29, 1.82) is 0 Å². The van der Waals surface area contributed by atoms with Crippen molar-refractivity contribution >= 4 is 11.9 Å². The van der Waals surface area contributed by atoms with Crippen LogP contribution in [0.1, 0.15) is 25.0 Å². The van der Waals surface area contributed by atoms with Gasteiger partial charge < -0.3 is 16.0 Å². The van der Waals surface area contributed by atoms with Gasteiger partial charge in [-0.05, 0) is 12.5 Å². The standard InChI is InChI=1S/C16H26N4O/c1-12(2)15(21)18-8-9-19-16(17-4)20-11-14-7-5-6-13(3)10-14/h5-7,10,12H,8-9,11H2,1-4H3,(H,18,21)(H2,17,19,20). The van der Waals surface area contributed by atoms with Gasteiger partial charge in [-0.25, -0.2) is 0 Å². The first-order valence-electron chi connectivity index (χ1n) is 7.30. The number of carbonyl (C=O) groups is 1. The highest BCUT2D eigenvalue weighted by atomic mass is 16.1. The summed E-state index contributed by atoms with van der Waals surface area (Å²) >= 11 is 0. The Balaban J connectivity index is 2.28. The predicted octanol–water partition coefficient (Wildman–Crippen LogP) is 1.43. The molecule has 0 aliphatic carbocycles. The van der Waals surface area contributed by atoms with E-state index in [1.807, 2.05) is 19.9 Å². The minimum Gasteiger partial charge on any atom is -0.355 e. The minimum atomic E-state index is 0.0174. The summed E-state index contributed by atoms with van der Waals surface area (Å²) in [6.07, 6.45) is 0. The smallest absolute Gasteiger partial charge is 0.222 e. The van der Waals surface area contributed by atoms with Gasteiger partial charge in [0.05, 0.1) is 0 Å². The molecule has 5 nitrogen and oxygen atoms in total. The number of guanidine groups is 1. The van der Waals surface area contributed by atoms with Crippen LogP contribution in [0, 0.1) is 12.8 Å². The molecule has 116 valence electrons. The van der Waals surface area contributed by atoms with Crippen molar-refractivity contribution in [3.05, 3.63) is 35.4 Å². The lowest BCUT2D eigenvalue weighted by atomic mass is 10.1. The SMILES string of the molecule is CN=C(NCCNC(=O)C(C)C)NCc1cccc(C)c1. The monoisotopic (exact) mass is 290 g/mol. The van der Waals surface area contributed by atoms with Gasteiger partial charge in [0.15, 0.2) is 5.96 Å². The molecule has 5 heteroatoms. The average Bonchev–Trinajstić information content (AvgIpc) is 2.46. The van der Waals surface area contributed by atoms with Crippen LogP contribution in [0.15, 0.2) is 29.3 Å². The third kappa shape index (κ3) is 6.79. The van der Waals surface area contributed by atoms with Crippen LogP contribution in [0.2, 0.25) is 0 Å². The Morgan fingerprint density at radius 2 is 1.90 bits per heavy atom. The van der Waals surface area contributed by atoms with E-state index in [2.05, 4.69) is 46.1 Å². The Labute approximate surface area is 127 Å². The molecule has 0 aliphatic heterocycles. The number of benzene rings is 1. The van der Waals surface area contributed by atoms with Crippen LogP contribution in [0.5, 0.6) is 0 Å². The summed E-state index contributed by atoms with van der Waals surface area (Å²) < 4.78 is 0. The lowest BCUT2D eigenvalue weighted by Crippen LogP contribution is -2.41. The fourth-order valence-electron chi connectivity index (χ4n) is 1.80. The van der Waals surface area contributed by atoms with Crippen molar-refractivity contribution < 1.29 is 4.79 Å². The van der Waals surface area contributed by atoms with E-state index in [9.17, 15) is 4.79 Å². The first-order chi connectivity index (χ1) is 10.0. The second-order valence-corrected chi connectivity index (χ2v) is 5.29. The van der Waals surface area contributed by atoms with Gasteiger partial charge >= 0.3 is 0 Å². The Kier molecular flexibility index (Phi) is 7.29. The van der Waals surface area contributed by atoms with Gasteiger partial charge in [-0.15, -0.1) is 0 Å². The van der Waals surface area contributed by atoms with Crippen LogP contribution in [0.4, 0.5) is 0 Å². The number of nitrogens with one attached hydrogen (secondary N) is 3. The van der Waals surface area contributed by atoms with E-state index in [4.69, 9.17) is 0 Å². The summed E-state index contributed by atoms with van der Waals surface area (Å²) in [4.78, 5) is 15.6. The molecule has 3 N–H and O–H groups in total. The van der Waals surface area contributed by atoms with E-state index in [0.29, 0.717) is 13.1 Å². The number of hydrogen-bond acceptors (Lipinski definition) is 2. The van der Waals surface area contributed by atoms with E-state index in [-0.39, 0.29) is 11.8 Å². The quantitative estimate of drug-likeness (QED) is 0.422. The third-order valence-corrected chi connectivity index (χ3v) is 3.01. The van der Waals surface area contributed by atoms with Gasteiger partial charge in [-0.3, -0.25) is 9.79 Å². The zero-order valence-electron chi connectivity index (χ0n) is 13.4. The van der Waals surface area contributed by atoms with E-state index < -0.39 is 0 Å². The summed E-state index contributed by atoms with van der Waals surface area (Å²) in [5.41, 5.74) is 2.46. The lowest BCUT2D eigenvalue weighted by Gasteiger charge is -2.13. The van der Waals surface area contributed by atoms with E-state index in [1.54, 1.807) is 7.05 Å². The summed E-state index contributed by atoms with van der Waals surface area (Å²) in [6.45, 7) is 7.79. The van der Waals surface area contributed by atoms with Gasteiger partial charge in [0.1, 0.15) is 0 Å². The Bertz CT molecular complexity index is 483. The number of amides is 1. The molecule has 1 aromatic carbocycles. The molecule has 0 fully saturated rings. The van der Waals surface area contributed by atoms with Gasteiger partial charge in [-0.2, -0.15) is 0 Å². The number of nitrogens with zero attached hydrogens (tertiary/aromatic N) is 1. The van der Waals surface area contributed by atoms with Crippen molar-refractivity contribution in [2.45, 2.75) is 27.3 Å². The van der Waals surface area contributed by atoms with Gasteiger partial charge in [0.2, 0.25) is 5.91 Å². The Morgan fingerprint density at radius 3 is 2.52 bits per heavy atom. The number of aliphatic imine (C=N–C) groups is 1. The maximum Gasteiger partial charge on any atom is 0.222 e. The second kappa shape index (κ2) is 9.00. The molecule has 0 aliphatic rings. The molecule has 0 spiro atoms. The van der Waals surface area contributed by atoms with Crippen molar-refractivity contribution in [1.82, 2.24) is 16.0 Å². The van der Waals surface area contributed by atoms with Crippen molar-refractivity contribution in [2.75, 3.05) is 20.1 Å². The van der Waals surface area contributed by atoms with Crippen LogP contribution in [-0.4, -0.2) is 32.0 Å². The molecule has 0 saturated heterocycles. The fraction of sp³-hybridized carbons (Fsp3) is 0.500. The van der Waals surface area contributed by atoms with Gasteiger partial charge in [0.25, 0.3) is 0 Å². The lowest BCUT2D eigenvalue weighted by molar-refractivity contribution is -0.123. The molecular weight excluding hydrogens is 264 g/mol. The number of hydrogen-bond donors (Lipinski definition) is 3. The molecule has 0 unspecified atom stereocenters. The predicted molar refractivity (Wildman–Crippen MR) is 87.2 cm³/mol. The van der Waals surface area contributed by atoms with Crippen molar-refractivity contribution in [2.24, 2.45) is 10.9 Å². The van der Waals surface area contributed by atoms with Gasteiger partial charge in [-0.1, -0.05) is 43.7 Å². The summed E-state index contributed by atoms with van der Waals surface area (Å²) in [7, 11) is 1.73. The van der Waals surface area contributed by atoms with Crippen molar-refractivity contribution in [3.63, 3.8) is 0 Å². The molecule has 1 aromatic rings. The van der Waals surface area contributed by atoms with Crippen LogP contribution < -0.4 is 16.0 Å². The number of aryl methyl sites for hydroxylation is 1. The highest BCUT2D eigenvalue weighted by Crippen LogP contribution is 2.02. The van der Waals surface area contributed by atoms with E-state index >= 15 is 0 Å². The molecule has 1 amide bonds. The average molecular weight is 290 g/mol. The summed E-state index contributed by atoms with van der Waals surface area (Å²) in [6, 6.07) is 8.34. The largest absolute Gasteiger partial charge is 0.355 e. The van der Waals surface area contributed by atoms with E-state index in [0.717, 1.165) is 12.5 Å². The highest BCUT2D eigenvalue weighted by molar-refractivity contribution is 5.80. The number of rotatable bonds is 6. The molecular formula is C16H26N4O. The first kappa shape index (κ1) is 17.0. The van der Waals surface area contributed by atoms with Crippen LogP contribution in [0.3, 0.4) is 0 Å². The molecule has 0 radical (unpaired) electrons. The maximum atomic E-state index is 11.4. The Hall–Kier alpha value is -2.04. The van der Waals surface area contributed by atoms with Crippen LogP contribution >= 0.6 is 0 Å². The van der Waals surface area contributed by atoms with Crippen LogP contribution in [0.25, 0.3) is 0 Å². The van der Waals surface area contributed by atoms with Crippen molar-refractivity contribution in [3.8, 4) is 0 Å². The molecule has 0 aromatic heterocycles. The zero-order valence-corrected chi connectivity index (χ0v) is 13.4. The molecule has 0 bridgehead atoms. The zero-order chi connectivity index (χ0) is 15.7. The summed E-state index contributed by atoms with van der Waals surface area (Å²) in [5, 5.41) is 9.28. The summed E-state index contributed by atoms with van der Waals surface area (Å²) in [5.74, 6) is 0.818. The molecule has 1 rings (SSSR count). The minimum absolute atomic E-state index is 0.0174. The topological polar surface area (TPSA) is 65.5 Å². The first-order valence-corrected chi connectivity index (χ1v) is 7.30. The third-order valence-electron chi connectivity index (χ3n) is 3.01. The fourth-order valence-corrected chi connectivity index (χ4v) is 1.80. The normalized spacial score (nSPS) is 11.4. The van der Waals surface area contributed by atoms with Gasteiger partial charge in [0, 0.05) is 32.6 Å². The molecule has 21 heavy (non-hydrogen) atoms. The van der Waals surface area contributed by atoms with Crippen LogP contribution in [-0.2, 0) is 11.3 Å². The molecule has 0 atom stereocenters. The van der Waals surface area contributed by atoms with E-state index in [1.165, 1.54) is 11.1 Å².